The van der Waals surface area contributed by atoms with Crippen LogP contribution in [0.5, 0.6) is 0 Å². The Kier molecular flexibility index (Phi) is 4.80. The van der Waals surface area contributed by atoms with Crippen LogP contribution in [0.2, 0.25) is 5.15 Å². The molecule has 2 aromatic rings. The Hall–Kier alpha value is -0.950. The quantitative estimate of drug-likeness (QED) is 0.770. The van der Waals surface area contributed by atoms with E-state index in [0.29, 0.717) is 0 Å². The van der Waals surface area contributed by atoms with Crippen LogP contribution >= 0.6 is 27.5 Å². The minimum atomic E-state index is -3.66. The van der Waals surface area contributed by atoms with Crippen LogP contribution in [0.3, 0.4) is 0 Å². The summed E-state index contributed by atoms with van der Waals surface area (Å²) in [5.41, 5.74) is 0.880. The van der Waals surface area contributed by atoms with E-state index in [1.807, 2.05) is 24.3 Å². The van der Waals surface area contributed by atoms with Crippen molar-refractivity contribution in [3.63, 3.8) is 0 Å². The first-order valence-electron chi connectivity index (χ1n) is 5.72. The molecular formula is C13H12BrClN2O2S. The van der Waals surface area contributed by atoms with Gasteiger partial charge < -0.3 is 0 Å². The molecule has 4 nitrogen and oxygen atoms in total. The van der Waals surface area contributed by atoms with Crippen LogP contribution in [0.4, 0.5) is 0 Å². The molecule has 1 aromatic heterocycles. The number of nitrogens with zero attached hydrogens (tertiary/aromatic N) is 2. The summed E-state index contributed by atoms with van der Waals surface area (Å²) in [6.07, 6.45) is 1.45. The fourth-order valence-corrected chi connectivity index (χ4v) is 3.74. The summed E-state index contributed by atoms with van der Waals surface area (Å²) in [4.78, 5) is 3.81. The lowest BCUT2D eigenvalue weighted by Crippen LogP contribution is -2.26. The van der Waals surface area contributed by atoms with Gasteiger partial charge in [-0.15, -0.1) is 0 Å². The van der Waals surface area contributed by atoms with Crippen molar-refractivity contribution in [2.45, 2.75) is 11.4 Å². The lowest BCUT2D eigenvalue weighted by atomic mass is 10.2. The summed E-state index contributed by atoms with van der Waals surface area (Å²) in [6.45, 7) is 0.257. The maximum atomic E-state index is 12.4. The van der Waals surface area contributed by atoms with E-state index in [9.17, 15) is 8.42 Å². The zero-order valence-corrected chi connectivity index (χ0v) is 13.8. The second-order valence-corrected chi connectivity index (χ2v) is 7.47. The van der Waals surface area contributed by atoms with Crippen molar-refractivity contribution in [2.24, 2.45) is 0 Å². The maximum Gasteiger partial charge on any atom is 0.246 e. The molecule has 1 aromatic carbocycles. The van der Waals surface area contributed by atoms with E-state index in [-0.39, 0.29) is 16.6 Å². The average molecular weight is 376 g/mol. The van der Waals surface area contributed by atoms with Crippen LogP contribution in [0, 0.1) is 0 Å². The van der Waals surface area contributed by atoms with Crippen molar-refractivity contribution in [3.8, 4) is 0 Å². The highest BCUT2D eigenvalue weighted by atomic mass is 79.9. The van der Waals surface area contributed by atoms with E-state index in [0.717, 1.165) is 10.0 Å². The van der Waals surface area contributed by atoms with Crippen molar-refractivity contribution in [2.75, 3.05) is 7.05 Å². The number of sulfonamides is 1. The summed E-state index contributed by atoms with van der Waals surface area (Å²) in [7, 11) is -2.14. The van der Waals surface area contributed by atoms with Crippen molar-refractivity contribution in [1.82, 2.24) is 9.29 Å². The molecule has 0 N–H and O–H groups in total. The molecule has 0 saturated carbocycles. The summed E-state index contributed by atoms with van der Waals surface area (Å²) < 4.78 is 27.0. The van der Waals surface area contributed by atoms with Crippen molar-refractivity contribution >= 4 is 37.6 Å². The molecule has 0 bridgehead atoms. The lowest BCUT2D eigenvalue weighted by molar-refractivity contribution is 0.466. The van der Waals surface area contributed by atoms with E-state index >= 15 is 0 Å². The molecule has 0 aliphatic rings. The first-order chi connectivity index (χ1) is 9.41. The zero-order chi connectivity index (χ0) is 14.8. The van der Waals surface area contributed by atoms with Gasteiger partial charge in [0.2, 0.25) is 10.0 Å². The molecule has 0 fully saturated rings. The third kappa shape index (κ3) is 3.38. The Balaban J connectivity index is 2.29. The topological polar surface area (TPSA) is 50.3 Å². The molecule has 2 rings (SSSR count). The summed E-state index contributed by atoms with van der Waals surface area (Å²) in [5.74, 6) is 0. The predicted molar refractivity (Wildman–Crippen MR) is 82.0 cm³/mol. The van der Waals surface area contributed by atoms with Gasteiger partial charge in [-0.05, 0) is 29.8 Å². The van der Waals surface area contributed by atoms with E-state index in [1.165, 1.54) is 23.6 Å². The third-order valence-corrected chi connectivity index (χ3v) is 5.45. The number of pyridine rings is 1. The zero-order valence-electron chi connectivity index (χ0n) is 10.6. The Labute approximate surface area is 131 Å². The second kappa shape index (κ2) is 6.22. The van der Waals surface area contributed by atoms with Crippen LogP contribution in [0.15, 0.2) is 52.0 Å². The van der Waals surface area contributed by atoms with Crippen molar-refractivity contribution in [1.29, 1.82) is 0 Å². The fraction of sp³-hybridized carbons (Fsp3) is 0.154. The number of hydrogen-bond acceptors (Lipinski definition) is 3. The first-order valence-corrected chi connectivity index (χ1v) is 8.33. The SMILES string of the molecule is CN(Cc1cccc(Br)c1)S(=O)(=O)c1cccnc1Cl. The van der Waals surface area contributed by atoms with Crippen LogP contribution in [0.25, 0.3) is 0 Å². The molecule has 0 saturated heterocycles. The minimum absolute atomic E-state index is 0.0131. The van der Waals surface area contributed by atoms with Gasteiger partial charge >= 0.3 is 0 Å². The Morgan fingerprint density at radius 3 is 2.70 bits per heavy atom. The highest BCUT2D eigenvalue weighted by Crippen LogP contribution is 2.23. The largest absolute Gasteiger partial charge is 0.246 e. The maximum absolute atomic E-state index is 12.4. The number of benzene rings is 1. The number of halogens is 2. The van der Waals surface area contributed by atoms with Crippen LogP contribution in [0.1, 0.15) is 5.56 Å². The van der Waals surface area contributed by atoms with E-state index in [1.54, 1.807) is 6.07 Å². The van der Waals surface area contributed by atoms with Gasteiger partial charge in [-0.1, -0.05) is 39.7 Å². The van der Waals surface area contributed by atoms with Gasteiger partial charge in [0.05, 0.1) is 0 Å². The first kappa shape index (κ1) is 15.4. The van der Waals surface area contributed by atoms with Gasteiger partial charge in [0, 0.05) is 24.3 Å². The molecule has 0 amide bonds. The lowest BCUT2D eigenvalue weighted by Gasteiger charge is -2.17. The standard InChI is InChI=1S/C13H12BrClN2O2S/c1-17(9-10-4-2-5-11(14)8-10)20(18,19)12-6-3-7-16-13(12)15/h2-8H,9H2,1H3. The molecule has 0 unspecified atom stereocenters. The molecule has 20 heavy (non-hydrogen) atoms. The van der Waals surface area contributed by atoms with Crippen molar-refractivity contribution in [3.05, 3.63) is 57.8 Å². The molecule has 7 heteroatoms. The molecule has 0 spiro atoms. The molecule has 0 atom stereocenters. The highest BCUT2D eigenvalue weighted by molar-refractivity contribution is 9.10. The van der Waals surface area contributed by atoms with Gasteiger partial charge in [-0.3, -0.25) is 0 Å². The van der Waals surface area contributed by atoms with Gasteiger partial charge in [-0.25, -0.2) is 13.4 Å². The number of rotatable bonds is 4. The molecule has 106 valence electrons. The summed E-state index contributed by atoms with van der Waals surface area (Å²) >= 11 is 9.22. The second-order valence-electron chi connectivity index (χ2n) is 4.18. The normalized spacial score (nSPS) is 11.8. The monoisotopic (exact) mass is 374 g/mol. The summed E-state index contributed by atoms with van der Waals surface area (Å²) in [5, 5.41) is -0.0198. The molecule has 0 aliphatic carbocycles. The minimum Gasteiger partial charge on any atom is -0.243 e. The third-order valence-electron chi connectivity index (χ3n) is 2.71. The van der Waals surface area contributed by atoms with Gasteiger partial charge in [0.25, 0.3) is 0 Å². The fourth-order valence-electron chi connectivity index (χ4n) is 1.71. The molecule has 1 heterocycles. The van der Waals surface area contributed by atoms with E-state index in [4.69, 9.17) is 11.6 Å². The highest BCUT2D eigenvalue weighted by Gasteiger charge is 2.24. The number of aromatic nitrogens is 1. The van der Waals surface area contributed by atoms with Crippen molar-refractivity contribution < 1.29 is 8.42 Å². The van der Waals surface area contributed by atoms with Gasteiger partial charge in [-0.2, -0.15) is 4.31 Å². The Morgan fingerprint density at radius 2 is 2.05 bits per heavy atom. The Morgan fingerprint density at radius 1 is 1.30 bits per heavy atom. The predicted octanol–water partition coefficient (Wildman–Crippen LogP) is 3.32. The Bertz CT molecular complexity index is 722. The molecule has 0 aliphatic heterocycles. The van der Waals surface area contributed by atoms with E-state index in [2.05, 4.69) is 20.9 Å². The van der Waals surface area contributed by atoms with Gasteiger partial charge in [0.15, 0.2) is 0 Å². The van der Waals surface area contributed by atoms with Crippen LogP contribution in [-0.4, -0.2) is 24.8 Å². The summed E-state index contributed by atoms with van der Waals surface area (Å²) in [6, 6.07) is 10.5. The average Bonchev–Trinajstić information content (AvgIpc) is 2.39. The number of hydrogen-bond donors (Lipinski definition) is 0. The smallest absolute Gasteiger partial charge is 0.243 e. The van der Waals surface area contributed by atoms with Crippen LogP contribution < -0.4 is 0 Å². The van der Waals surface area contributed by atoms with E-state index < -0.39 is 10.0 Å². The molecule has 0 radical (unpaired) electrons. The molecular weight excluding hydrogens is 364 g/mol. The van der Waals surface area contributed by atoms with Crippen LogP contribution in [-0.2, 0) is 16.6 Å². The van der Waals surface area contributed by atoms with Gasteiger partial charge in [0.1, 0.15) is 10.0 Å².